The summed E-state index contributed by atoms with van der Waals surface area (Å²) in [5.74, 6) is -1.16. The smallest absolute Gasteiger partial charge is 0.126 e. The van der Waals surface area contributed by atoms with E-state index >= 15 is 0 Å². The molecule has 0 fully saturated rings. The van der Waals surface area contributed by atoms with Gasteiger partial charge in [-0.05, 0) is 41.8 Å². The van der Waals surface area contributed by atoms with Gasteiger partial charge in [-0.1, -0.05) is 30.3 Å². The molecule has 26 heavy (non-hydrogen) atoms. The Labute approximate surface area is 152 Å². The molecule has 0 N–H and O–H groups in total. The maximum atomic E-state index is 13.5. The molecule has 1 aromatic heterocycles. The minimum Gasteiger partial charge on any atom is -0.294 e. The van der Waals surface area contributed by atoms with Gasteiger partial charge in [-0.15, -0.1) is 0 Å². The van der Waals surface area contributed by atoms with E-state index in [1.807, 2.05) is 19.1 Å². The SMILES string of the molecule is Cc1cc(-c2cc(F)cc(F)c2)nc2c1CN(Cc1ccccc1)CC2. The first-order valence-corrected chi connectivity index (χ1v) is 8.80. The molecule has 0 radical (unpaired) electrons. The highest BCUT2D eigenvalue weighted by atomic mass is 19.1. The van der Waals surface area contributed by atoms with E-state index in [1.54, 1.807) is 0 Å². The molecule has 2 nitrogen and oxygen atoms in total. The van der Waals surface area contributed by atoms with Crippen molar-refractivity contribution in [2.24, 2.45) is 0 Å². The van der Waals surface area contributed by atoms with Gasteiger partial charge in [-0.2, -0.15) is 0 Å². The fourth-order valence-corrected chi connectivity index (χ4v) is 3.58. The lowest BCUT2D eigenvalue weighted by molar-refractivity contribution is 0.243. The van der Waals surface area contributed by atoms with Crippen LogP contribution in [-0.4, -0.2) is 16.4 Å². The van der Waals surface area contributed by atoms with E-state index in [-0.39, 0.29) is 0 Å². The molecule has 2 heterocycles. The highest BCUT2D eigenvalue weighted by Gasteiger charge is 2.20. The number of hydrogen-bond donors (Lipinski definition) is 0. The third-order valence-electron chi connectivity index (χ3n) is 4.89. The molecule has 2 aromatic carbocycles. The Balaban J connectivity index is 1.61. The van der Waals surface area contributed by atoms with Crippen LogP contribution in [0.5, 0.6) is 0 Å². The van der Waals surface area contributed by atoms with E-state index in [1.165, 1.54) is 23.3 Å². The van der Waals surface area contributed by atoms with Crippen molar-refractivity contribution in [3.63, 3.8) is 0 Å². The summed E-state index contributed by atoms with van der Waals surface area (Å²) in [5.41, 5.74) is 5.80. The Morgan fingerprint density at radius 3 is 2.46 bits per heavy atom. The van der Waals surface area contributed by atoms with Gasteiger partial charge in [0.2, 0.25) is 0 Å². The summed E-state index contributed by atoms with van der Waals surface area (Å²) >= 11 is 0. The number of aromatic nitrogens is 1. The van der Waals surface area contributed by atoms with Gasteiger partial charge in [0.25, 0.3) is 0 Å². The number of rotatable bonds is 3. The van der Waals surface area contributed by atoms with Crippen LogP contribution in [0.1, 0.15) is 22.4 Å². The molecule has 4 rings (SSSR count). The van der Waals surface area contributed by atoms with Crippen LogP contribution >= 0.6 is 0 Å². The third-order valence-corrected chi connectivity index (χ3v) is 4.89. The van der Waals surface area contributed by atoms with Crippen molar-refractivity contribution in [1.82, 2.24) is 9.88 Å². The molecule has 0 bridgehead atoms. The fourth-order valence-electron chi connectivity index (χ4n) is 3.58. The lowest BCUT2D eigenvalue weighted by atomic mass is 9.97. The first kappa shape index (κ1) is 16.9. The highest BCUT2D eigenvalue weighted by Crippen LogP contribution is 2.28. The molecule has 4 heteroatoms. The largest absolute Gasteiger partial charge is 0.294 e. The molecule has 0 saturated carbocycles. The summed E-state index contributed by atoms with van der Waals surface area (Å²) in [6.07, 6.45) is 0.842. The van der Waals surface area contributed by atoms with Crippen LogP contribution < -0.4 is 0 Å². The second-order valence-electron chi connectivity index (χ2n) is 6.85. The van der Waals surface area contributed by atoms with Crippen molar-refractivity contribution in [2.75, 3.05) is 6.54 Å². The lowest BCUT2D eigenvalue weighted by Crippen LogP contribution is -2.31. The van der Waals surface area contributed by atoms with Crippen LogP contribution in [0.25, 0.3) is 11.3 Å². The summed E-state index contributed by atoms with van der Waals surface area (Å²) in [4.78, 5) is 7.12. The average molecular weight is 350 g/mol. The Hall–Kier alpha value is -2.59. The topological polar surface area (TPSA) is 16.1 Å². The summed E-state index contributed by atoms with van der Waals surface area (Å²) in [7, 11) is 0. The van der Waals surface area contributed by atoms with Crippen molar-refractivity contribution in [3.8, 4) is 11.3 Å². The Morgan fingerprint density at radius 1 is 1.00 bits per heavy atom. The Kier molecular flexibility index (Phi) is 4.51. The van der Waals surface area contributed by atoms with Gasteiger partial charge in [0, 0.05) is 43.4 Å². The molecule has 1 aliphatic rings. The zero-order chi connectivity index (χ0) is 18.1. The predicted octanol–water partition coefficient (Wildman–Crippen LogP) is 4.89. The standard InChI is InChI=1S/C22H20F2N2/c1-15-9-22(17-10-18(23)12-19(24)11-17)25-21-7-8-26(14-20(15)21)13-16-5-3-2-4-6-16/h2-6,9-12H,7-8,13-14H2,1H3. The second kappa shape index (κ2) is 6.96. The van der Waals surface area contributed by atoms with Crippen LogP contribution in [0, 0.1) is 18.6 Å². The average Bonchev–Trinajstić information content (AvgIpc) is 2.62. The lowest BCUT2D eigenvalue weighted by Gasteiger charge is -2.29. The van der Waals surface area contributed by atoms with Gasteiger partial charge in [0.05, 0.1) is 5.69 Å². The van der Waals surface area contributed by atoms with E-state index in [0.717, 1.165) is 43.4 Å². The van der Waals surface area contributed by atoms with Gasteiger partial charge >= 0.3 is 0 Å². The molecule has 0 amide bonds. The van der Waals surface area contributed by atoms with Crippen LogP contribution in [0.3, 0.4) is 0 Å². The van der Waals surface area contributed by atoms with Crippen LogP contribution in [0.15, 0.2) is 54.6 Å². The van der Waals surface area contributed by atoms with Crippen LogP contribution in [0.4, 0.5) is 8.78 Å². The second-order valence-corrected chi connectivity index (χ2v) is 6.85. The molecule has 0 unspecified atom stereocenters. The van der Waals surface area contributed by atoms with Gasteiger partial charge < -0.3 is 0 Å². The van der Waals surface area contributed by atoms with Crippen molar-refractivity contribution >= 4 is 0 Å². The van der Waals surface area contributed by atoms with E-state index in [2.05, 4.69) is 29.2 Å². The molecule has 0 saturated heterocycles. The molecular formula is C22H20F2N2. The third kappa shape index (κ3) is 3.51. The van der Waals surface area contributed by atoms with Crippen LogP contribution in [-0.2, 0) is 19.5 Å². The molecule has 1 aliphatic heterocycles. The maximum Gasteiger partial charge on any atom is 0.126 e. The number of hydrogen-bond acceptors (Lipinski definition) is 2. The fraction of sp³-hybridized carbons (Fsp3) is 0.227. The van der Waals surface area contributed by atoms with Gasteiger partial charge in [-0.25, -0.2) is 8.78 Å². The van der Waals surface area contributed by atoms with Crippen molar-refractivity contribution in [3.05, 3.63) is 88.6 Å². The van der Waals surface area contributed by atoms with Gasteiger partial charge in [-0.3, -0.25) is 9.88 Å². The summed E-state index contributed by atoms with van der Waals surface area (Å²) in [6, 6.07) is 15.9. The van der Waals surface area contributed by atoms with Gasteiger partial charge in [0.1, 0.15) is 11.6 Å². The summed E-state index contributed by atoms with van der Waals surface area (Å²) in [6.45, 7) is 4.73. The number of pyridine rings is 1. The summed E-state index contributed by atoms with van der Waals surface area (Å²) < 4.78 is 27.1. The van der Waals surface area contributed by atoms with Crippen molar-refractivity contribution in [1.29, 1.82) is 0 Å². The van der Waals surface area contributed by atoms with E-state index in [9.17, 15) is 8.78 Å². The van der Waals surface area contributed by atoms with E-state index in [4.69, 9.17) is 4.98 Å². The molecule has 0 spiro atoms. The zero-order valence-electron chi connectivity index (χ0n) is 14.7. The van der Waals surface area contributed by atoms with E-state index < -0.39 is 11.6 Å². The number of aryl methyl sites for hydroxylation is 1. The predicted molar refractivity (Wildman–Crippen MR) is 98.6 cm³/mol. The van der Waals surface area contributed by atoms with Crippen LogP contribution in [0.2, 0.25) is 0 Å². The minimum absolute atomic E-state index is 0.486. The molecule has 0 aliphatic carbocycles. The monoisotopic (exact) mass is 350 g/mol. The molecular weight excluding hydrogens is 330 g/mol. The minimum atomic E-state index is -0.578. The zero-order valence-corrected chi connectivity index (χ0v) is 14.7. The van der Waals surface area contributed by atoms with Crippen molar-refractivity contribution in [2.45, 2.75) is 26.4 Å². The van der Waals surface area contributed by atoms with Crippen molar-refractivity contribution < 1.29 is 8.78 Å². The Bertz CT molecular complexity index is 918. The van der Waals surface area contributed by atoms with E-state index in [0.29, 0.717) is 11.3 Å². The maximum absolute atomic E-state index is 13.5. The van der Waals surface area contributed by atoms with Gasteiger partial charge in [0.15, 0.2) is 0 Å². The highest BCUT2D eigenvalue weighted by molar-refractivity contribution is 5.61. The number of halogens is 2. The quantitative estimate of drug-likeness (QED) is 0.668. The first-order valence-electron chi connectivity index (χ1n) is 8.80. The molecule has 0 atom stereocenters. The number of nitrogens with zero attached hydrogens (tertiary/aromatic N) is 2. The first-order chi connectivity index (χ1) is 12.6. The summed E-state index contributed by atoms with van der Waals surface area (Å²) in [5, 5.41) is 0. The molecule has 132 valence electrons. The number of fused-ring (bicyclic) bond motifs is 1. The molecule has 3 aromatic rings. The normalized spacial score (nSPS) is 14.3. The number of benzene rings is 2. The Morgan fingerprint density at radius 2 is 1.73 bits per heavy atom.